The summed E-state index contributed by atoms with van der Waals surface area (Å²) in [6.45, 7) is 0.500. The fourth-order valence-corrected chi connectivity index (χ4v) is 1.80. The number of nitrogens with zero attached hydrogens (tertiary/aromatic N) is 2. The zero-order valence-electron chi connectivity index (χ0n) is 10.9. The van der Waals surface area contributed by atoms with Crippen molar-refractivity contribution in [3.63, 3.8) is 0 Å². The van der Waals surface area contributed by atoms with Crippen LogP contribution in [0.2, 0.25) is 0 Å². The second kappa shape index (κ2) is 6.27. The lowest BCUT2D eigenvalue weighted by Gasteiger charge is -2.12. The molecule has 0 amide bonds. The lowest BCUT2D eigenvalue weighted by Crippen LogP contribution is -2.24. The van der Waals surface area contributed by atoms with Gasteiger partial charge >= 0.3 is 5.97 Å². The highest BCUT2D eigenvalue weighted by molar-refractivity contribution is 5.96. The van der Waals surface area contributed by atoms with Crippen LogP contribution in [0.15, 0.2) is 24.5 Å². The molecule has 20 heavy (non-hydrogen) atoms. The van der Waals surface area contributed by atoms with E-state index in [1.165, 1.54) is 25.6 Å². The lowest BCUT2D eigenvalue weighted by atomic mass is 10.1. The summed E-state index contributed by atoms with van der Waals surface area (Å²) in [7, 11) is 1.51. The first-order valence-electron chi connectivity index (χ1n) is 6.00. The highest BCUT2D eigenvalue weighted by Gasteiger charge is 2.09. The van der Waals surface area contributed by atoms with Gasteiger partial charge in [-0.05, 0) is 18.2 Å². The van der Waals surface area contributed by atoms with Crippen LogP contribution in [0.3, 0.4) is 0 Å². The number of carboxylic acids is 1. The average molecular weight is 277 g/mol. The second-order valence-electron chi connectivity index (χ2n) is 4.25. The Bertz CT molecular complexity index is 618. The number of ether oxygens (including phenoxy) is 1. The summed E-state index contributed by atoms with van der Waals surface area (Å²) in [5.41, 5.74) is 0.699. The van der Waals surface area contributed by atoms with Gasteiger partial charge in [0, 0.05) is 19.0 Å². The summed E-state index contributed by atoms with van der Waals surface area (Å²) >= 11 is 0. The molecule has 106 valence electrons. The lowest BCUT2D eigenvalue weighted by molar-refractivity contribution is 0.0697. The highest BCUT2D eigenvalue weighted by Crippen LogP contribution is 2.20. The molecule has 0 fully saturated rings. The normalized spacial score (nSPS) is 12.3. The molecule has 0 bridgehead atoms. The van der Waals surface area contributed by atoms with Gasteiger partial charge < -0.3 is 20.3 Å². The van der Waals surface area contributed by atoms with Gasteiger partial charge in [-0.2, -0.15) is 0 Å². The number of benzene rings is 1. The number of aliphatic hydroxyl groups excluding tert-OH is 1. The van der Waals surface area contributed by atoms with Crippen molar-refractivity contribution < 1.29 is 19.7 Å². The molecule has 1 heterocycles. The van der Waals surface area contributed by atoms with Crippen LogP contribution in [-0.4, -0.2) is 52.5 Å². The van der Waals surface area contributed by atoms with E-state index >= 15 is 0 Å². The van der Waals surface area contributed by atoms with Gasteiger partial charge in [-0.15, -0.1) is 0 Å². The largest absolute Gasteiger partial charge is 0.478 e. The minimum atomic E-state index is -1.00. The monoisotopic (exact) mass is 277 g/mol. The van der Waals surface area contributed by atoms with E-state index in [0.717, 1.165) is 0 Å². The Hall–Kier alpha value is -2.25. The third-order valence-corrected chi connectivity index (χ3v) is 2.75. The number of aromatic nitrogens is 2. The molecule has 0 saturated heterocycles. The number of carbonyl (C=O) groups is 1. The Morgan fingerprint density at radius 1 is 1.45 bits per heavy atom. The molecule has 0 aliphatic carbocycles. The van der Waals surface area contributed by atoms with Crippen LogP contribution >= 0.6 is 0 Å². The number of hydrogen-bond acceptors (Lipinski definition) is 6. The molecule has 2 aromatic rings. The topological polar surface area (TPSA) is 105 Å². The molecule has 0 radical (unpaired) electrons. The van der Waals surface area contributed by atoms with Crippen LogP contribution in [0.1, 0.15) is 10.4 Å². The molecule has 7 nitrogen and oxygen atoms in total. The summed E-state index contributed by atoms with van der Waals surface area (Å²) in [5.74, 6) is -0.461. The maximum atomic E-state index is 10.9. The maximum Gasteiger partial charge on any atom is 0.335 e. The van der Waals surface area contributed by atoms with Gasteiger partial charge in [0.15, 0.2) is 0 Å². The highest BCUT2D eigenvalue weighted by atomic mass is 16.5. The molecule has 0 aliphatic rings. The van der Waals surface area contributed by atoms with Gasteiger partial charge in [0.1, 0.15) is 12.1 Å². The zero-order chi connectivity index (χ0) is 14.5. The smallest absolute Gasteiger partial charge is 0.335 e. The van der Waals surface area contributed by atoms with Gasteiger partial charge in [-0.1, -0.05) is 0 Å². The van der Waals surface area contributed by atoms with Crippen molar-refractivity contribution >= 4 is 22.7 Å². The predicted molar refractivity (Wildman–Crippen MR) is 72.9 cm³/mol. The Labute approximate surface area is 115 Å². The van der Waals surface area contributed by atoms with E-state index in [1.54, 1.807) is 6.07 Å². The van der Waals surface area contributed by atoms with E-state index in [9.17, 15) is 9.90 Å². The van der Waals surface area contributed by atoms with E-state index in [-0.39, 0.29) is 18.7 Å². The zero-order valence-corrected chi connectivity index (χ0v) is 10.9. The fraction of sp³-hybridized carbons (Fsp3) is 0.308. The van der Waals surface area contributed by atoms with Crippen LogP contribution < -0.4 is 5.32 Å². The van der Waals surface area contributed by atoms with E-state index < -0.39 is 12.1 Å². The van der Waals surface area contributed by atoms with Gasteiger partial charge in [-0.25, -0.2) is 14.8 Å². The van der Waals surface area contributed by atoms with Crippen LogP contribution in [-0.2, 0) is 4.74 Å². The number of nitrogens with one attached hydrogen (secondary N) is 1. The summed E-state index contributed by atoms with van der Waals surface area (Å²) in [6, 6.07) is 4.62. The quantitative estimate of drug-likeness (QED) is 0.715. The van der Waals surface area contributed by atoms with Crippen molar-refractivity contribution in [1.82, 2.24) is 9.97 Å². The van der Waals surface area contributed by atoms with Crippen LogP contribution in [0.5, 0.6) is 0 Å². The van der Waals surface area contributed by atoms with E-state index in [4.69, 9.17) is 9.84 Å². The molecule has 0 saturated carbocycles. The first-order valence-corrected chi connectivity index (χ1v) is 6.00. The number of aliphatic hydroxyl groups is 1. The number of carboxylic acid groups (broad SMARTS) is 1. The molecular weight excluding hydrogens is 262 g/mol. The van der Waals surface area contributed by atoms with Crippen LogP contribution in [0.4, 0.5) is 5.82 Å². The molecule has 1 unspecified atom stereocenters. The van der Waals surface area contributed by atoms with Crippen LogP contribution in [0, 0.1) is 0 Å². The molecule has 1 aromatic heterocycles. The Morgan fingerprint density at radius 3 is 2.95 bits per heavy atom. The number of methoxy groups -OCH3 is 1. The van der Waals surface area contributed by atoms with E-state index in [0.29, 0.717) is 16.7 Å². The van der Waals surface area contributed by atoms with Crippen molar-refractivity contribution in [2.45, 2.75) is 6.10 Å². The van der Waals surface area contributed by atoms with Gasteiger partial charge in [0.25, 0.3) is 0 Å². The number of hydrogen-bond donors (Lipinski definition) is 3. The van der Waals surface area contributed by atoms with Crippen molar-refractivity contribution in [1.29, 1.82) is 0 Å². The van der Waals surface area contributed by atoms with Crippen molar-refractivity contribution in [3.8, 4) is 0 Å². The van der Waals surface area contributed by atoms with Crippen molar-refractivity contribution in [2.24, 2.45) is 0 Å². The molecule has 1 aromatic carbocycles. The minimum absolute atomic E-state index is 0.168. The Balaban J connectivity index is 2.24. The number of rotatable bonds is 6. The molecule has 3 N–H and O–H groups in total. The summed E-state index contributed by atoms with van der Waals surface area (Å²) in [5, 5.41) is 22.2. The molecule has 2 rings (SSSR count). The van der Waals surface area contributed by atoms with Crippen LogP contribution in [0.25, 0.3) is 10.9 Å². The number of aromatic carboxylic acids is 1. The Morgan fingerprint density at radius 2 is 2.25 bits per heavy atom. The third kappa shape index (κ3) is 3.19. The first kappa shape index (κ1) is 14.2. The number of fused-ring (bicyclic) bond motifs is 1. The standard InChI is InChI=1S/C13H15N3O4/c1-20-6-9(17)5-14-12-10-3-2-8(13(18)19)4-11(10)15-7-16-12/h2-4,7,9,17H,5-6H2,1H3,(H,18,19)(H,14,15,16). The first-order chi connectivity index (χ1) is 9.61. The minimum Gasteiger partial charge on any atom is -0.478 e. The van der Waals surface area contributed by atoms with Crippen molar-refractivity contribution in [2.75, 3.05) is 25.6 Å². The van der Waals surface area contributed by atoms with E-state index in [2.05, 4.69) is 15.3 Å². The van der Waals surface area contributed by atoms with E-state index in [1.807, 2.05) is 0 Å². The SMILES string of the molecule is COCC(O)CNc1ncnc2cc(C(=O)O)ccc12. The van der Waals surface area contributed by atoms with Gasteiger partial charge in [0.2, 0.25) is 0 Å². The molecule has 0 spiro atoms. The molecule has 1 atom stereocenters. The second-order valence-corrected chi connectivity index (χ2v) is 4.25. The van der Waals surface area contributed by atoms with Crippen molar-refractivity contribution in [3.05, 3.63) is 30.1 Å². The third-order valence-electron chi connectivity index (χ3n) is 2.75. The summed E-state index contributed by atoms with van der Waals surface area (Å²) in [6.07, 6.45) is 0.697. The average Bonchev–Trinajstić information content (AvgIpc) is 2.44. The number of anilines is 1. The fourth-order valence-electron chi connectivity index (χ4n) is 1.80. The molecule has 7 heteroatoms. The summed E-state index contributed by atoms with van der Waals surface area (Å²) in [4.78, 5) is 19.0. The predicted octanol–water partition coefficient (Wildman–Crippen LogP) is 0.747. The molecule has 0 aliphatic heterocycles. The summed E-state index contributed by atoms with van der Waals surface area (Å²) < 4.78 is 4.83. The van der Waals surface area contributed by atoms with Gasteiger partial charge in [-0.3, -0.25) is 0 Å². The van der Waals surface area contributed by atoms with Gasteiger partial charge in [0.05, 0.1) is 23.8 Å². The molecular formula is C13H15N3O4. The Kier molecular flexibility index (Phi) is 4.44. The maximum absolute atomic E-state index is 10.9.